The fraction of sp³-hybridized carbons (Fsp3) is 0.933. The van der Waals surface area contributed by atoms with Crippen LogP contribution in [0.15, 0.2) is 0 Å². The molecule has 1 saturated heterocycles. The first-order valence-electron chi connectivity index (χ1n) is 7.65. The molecule has 0 spiro atoms. The molecule has 0 saturated carbocycles. The summed E-state index contributed by atoms with van der Waals surface area (Å²) in [5.74, 6) is 0.776. The van der Waals surface area contributed by atoms with Crippen molar-refractivity contribution in [2.45, 2.75) is 65.1 Å². The first kappa shape index (κ1) is 17.2. The number of ether oxygens (including phenoxy) is 1. The van der Waals surface area contributed by atoms with E-state index in [-0.39, 0.29) is 12.1 Å². The summed E-state index contributed by atoms with van der Waals surface area (Å²) in [4.78, 5) is 14.1. The van der Waals surface area contributed by atoms with Gasteiger partial charge in [0.2, 0.25) is 0 Å². The highest BCUT2D eigenvalue weighted by atomic mass is 16.6. The van der Waals surface area contributed by atoms with E-state index in [0.29, 0.717) is 19.1 Å². The fourth-order valence-corrected chi connectivity index (χ4v) is 2.82. The Morgan fingerprint density at radius 3 is 2.60 bits per heavy atom. The maximum Gasteiger partial charge on any atom is 0.407 e. The molecule has 118 valence electrons. The second kappa shape index (κ2) is 7.27. The summed E-state index contributed by atoms with van der Waals surface area (Å²) in [6, 6.07) is 0.706. The number of hydrogen-bond acceptors (Lipinski definition) is 4. The standard InChI is InChI=1S/C15H31N3O2/c1-11-6-7-18(12(2)8-11)13(9-16)10-17-14(19)20-15(3,4)5/h11-13H,6-10,16H2,1-5H3,(H,17,19). The quantitative estimate of drug-likeness (QED) is 0.828. The predicted octanol–water partition coefficient (Wildman–Crippen LogP) is 1.96. The molecule has 20 heavy (non-hydrogen) atoms. The highest BCUT2D eigenvalue weighted by Crippen LogP contribution is 2.23. The molecule has 0 radical (unpaired) electrons. The van der Waals surface area contributed by atoms with Crippen LogP contribution >= 0.6 is 0 Å². The Kier molecular flexibility index (Phi) is 6.27. The van der Waals surface area contributed by atoms with Crippen molar-refractivity contribution in [3.05, 3.63) is 0 Å². The van der Waals surface area contributed by atoms with Crippen LogP contribution < -0.4 is 11.1 Å². The van der Waals surface area contributed by atoms with E-state index in [1.54, 1.807) is 0 Å². The summed E-state index contributed by atoms with van der Waals surface area (Å²) in [5.41, 5.74) is 5.42. The molecule has 1 rings (SSSR count). The zero-order valence-corrected chi connectivity index (χ0v) is 13.6. The lowest BCUT2D eigenvalue weighted by atomic mass is 9.92. The van der Waals surface area contributed by atoms with Crippen LogP contribution in [-0.2, 0) is 4.74 Å². The summed E-state index contributed by atoms with van der Waals surface area (Å²) >= 11 is 0. The van der Waals surface area contributed by atoms with Crippen LogP contribution in [0.1, 0.15) is 47.5 Å². The van der Waals surface area contributed by atoms with Crippen LogP contribution in [0.5, 0.6) is 0 Å². The minimum absolute atomic E-state index is 0.185. The van der Waals surface area contributed by atoms with Crippen molar-refractivity contribution in [2.75, 3.05) is 19.6 Å². The maximum atomic E-state index is 11.7. The molecule has 1 aliphatic heterocycles. The Hall–Kier alpha value is -0.810. The summed E-state index contributed by atoms with van der Waals surface area (Å²) in [5, 5.41) is 2.84. The van der Waals surface area contributed by atoms with Gasteiger partial charge in [0.05, 0.1) is 0 Å². The molecular weight excluding hydrogens is 254 g/mol. The third-order valence-electron chi connectivity index (χ3n) is 3.81. The van der Waals surface area contributed by atoms with Gasteiger partial charge in [0, 0.05) is 25.2 Å². The zero-order chi connectivity index (χ0) is 15.3. The molecule has 1 amide bonds. The molecule has 1 fully saturated rings. The van der Waals surface area contributed by atoms with E-state index < -0.39 is 5.60 Å². The lowest BCUT2D eigenvalue weighted by Crippen LogP contribution is -2.54. The van der Waals surface area contributed by atoms with Gasteiger partial charge in [-0.25, -0.2) is 4.79 Å². The van der Waals surface area contributed by atoms with Crippen molar-refractivity contribution >= 4 is 6.09 Å². The molecule has 0 bridgehead atoms. The molecule has 0 aromatic rings. The second-order valence-corrected chi connectivity index (χ2v) is 6.99. The number of piperidine rings is 1. The van der Waals surface area contributed by atoms with Gasteiger partial charge in [-0.05, 0) is 53.0 Å². The van der Waals surface area contributed by atoms with Crippen LogP contribution in [0, 0.1) is 5.92 Å². The average molecular weight is 285 g/mol. The molecule has 0 aliphatic carbocycles. The maximum absolute atomic E-state index is 11.7. The lowest BCUT2D eigenvalue weighted by molar-refractivity contribution is 0.0466. The number of nitrogens with zero attached hydrogens (tertiary/aromatic N) is 1. The summed E-state index contributed by atoms with van der Waals surface area (Å²) in [6.07, 6.45) is 2.03. The van der Waals surface area contributed by atoms with E-state index in [1.165, 1.54) is 12.8 Å². The minimum Gasteiger partial charge on any atom is -0.444 e. The molecular formula is C15H31N3O2. The van der Waals surface area contributed by atoms with Gasteiger partial charge in [-0.3, -0.25) is 4.90 Å². The van der Waals surface area contributed by atoms with Gasteiger partial charge < -0.3 is 15.8 Å². The normalized spacial score (nSPS) is 26.1. The van der Waals surface area contributed by atoms with E-state index in [2.05, 4.69) is 24.1 Å². The highest BCUT2D eigenvalue weighted by Gasteiger charge is 2.28. The summed E-state index contributed by atoms with van der Waals surface area (Å²) < 4.78 is 5.25. The highest BCUT2D eigenvalue weighted by molar-refractivity contribution is 5.67. The Bertz CT molecular complexity index is 315. The second-order valence-electron chi connectivity index (χ2n) is 6.99. The largest absolute Gasteiger partial charge is 0.444 e. The topological polar surface area (TPSA) is 67.6 Å². The Morgan fingerprint density at radius 2 is 2.10 bits per heavy atom. The van der Waals surface area contributed by atoms with Gasteiger partial charge in [-0.15, -0.1) is 0 Å². The number of rotatable bonds is 4. The molecule has 5 nitrogen and oxygen atoms in total. The first-order valence-corrected chi connectivity index (χ1v) is 7.65. The van der Waals surface area contributed by atoms with E-state index in [1.807, 2.05) is 20.8 Å². The Balaban J connectivity index is 2.45. The van der Waals surface area contributed by atoms with E-state index >= 15 is 0 Å². The third-order valence-corrected chi connectivity index (χ3v) is 3.81. The average Bonchev–Trinajstić information content (AvgIpc) is 2.29. The smallest absolute Gasteiger partial charge is 0.407 e. The van der Waals surface area contributed by atoms with Crippen molar-refractivity contribution < 1.29 is 9.53 Å². The number of nitrogens with two attached hydrogens (primary N) is 1. The number of nitrogens with one attached hydrogen (secondary N) is 1. The van der Waals surface area contributed by atoms with Crippen molar-refractivity contribution in [3.8, 4) is 0 Å². The van der Waals surface area contributed by atoms with Crippen LogP contribution in [0.3, 0.4) is 0 Å². The van der Waals surface area contributed by atoms with Gasteiger partial charge in [0.15, 0.2) is 0 Å². The molecule has 5 heteroatoms. The molecule has 3 atom stereocenters. The number of amides is 1. The van der Waals surface area contributed by atoms with E-state index in [0.717, 1.165) is 12.5 Å². The van der Waals surface area contributed by atoms with Crippen molar-refractivity contribution in [1.29, 1.82) is 0 Å². The predicted molar refractivity (Wildman–Crippen MR) is 81.6 cm³/mol. The summed E-state index contributed by atoms with van der Waals surface area (Å²) in [7, 11) is 0. The first-order chi connectivity index (χ1) is 9.23. The van der Waals surface area contributed by atoms with Crippen LogP contribution in [-0.4, -0.2) is 48.3 Å². The van der Waals surface area contributed by atoms with Crippen molar-refractivity contribution in [1.82, 2.24) is 10.2 Å². The number of carbonyl (C=O) groups is 1. The number of alkyl carbamates (subject to hydrolysis) is 1. The van der Waals surface area contributed by atoms with Gasteiger partial charge >= 0.3 is 6.09 Å². The Labute approximate surface area is 123 Å². The molecule has 3 N–H and O–H groups in total. The van der Waals surface area contributed by atoms with Crippen molar-refractivity contribution in [3.63, 3.8) is 0 Å². The van der Waals surface area contributed by atoms with Crippen LogP contribution in [0.25, 0.3) is 0 Å². The number of hydrogen-bond donors (Lipinski definition) is 2. The van der Waals surface area contributed by atoms with Gasteiger partial charge in [-0.1, -0.05) is 6.92 Å². The van der Waals surface area contributed by atoms with Gasteiger partial charge in [-0.2, -0.15) is 0 Å². The zero-order valence-electron chi connectivity index (χ0n) is 13.6. The monoisotopic (exact) mass is 285 g/mol. The molecule has 3 unspecified atom stereocenters. The molecule has 0 aromatic carbocycles. The SMILES string of the molecule is CC1CCN(C(CN)CNC(=O)OC(C)(C)C)C(C)C1. The lowest BCUT2D eigenvalue weighted by Gasteiger charge is -2.41. The van der Waals surface area contributed by atoms with E-state index in [4.69, 9.17) is 10.5 Å². The minimum atomic E-state index is -0.462. The number of carbonyl (C=O) groups excluding carboxylic acids is 1. The van der Waals surface area contributed by atoms with Crippen molar-refractivity contribution in [2.24, 2.45) is 11.7 Å². The third kappa shape index (κ3) is 5.67. The van der Waals surface area contributed by atoms with E-state index in [9.17, 15) is 4.79 Å². The molecule has 1 heterocycles. The van der Waals surface area contributed by atoms with Crippen LogP contribution in [0.2, 0.25) is 0 Å². The van der Waals surface area contributed by atoms with Gasteiger partial charge in [0.25, 0.3) is 0 Å². The molecule has 1 aliphatic rings. The molecule has 0 aromatic heterocycles. The van der Waals surface area contributed by atoms with Gasteiger partial charge in [0.1, 0.15) is 5.60 Å². The Morgan fingerprint density at radius 1 is 1.45 bits per heavy atom. The fourth-order valence-electron chi connectivity index (χ4n) is 2.82. The van der Waals surface area contributed by atoms with Crippen LogP contribution in [0.4, 0.5) is 4.79 Å². The summed E-state index contributed by atoms with van der Waals surface area (Å²) in [6.45, 7) is 12.3. The number of likely N-dealkylation sites (tertiary alicyclic amines) is 1.